The van der Waals surface area contributed by atoms with Gasteiger partial charge in [0.25, 0.3) is 11.7 Å². The van der Waals surface area contributed by atoms with E-state index >= 15 is 0 Å². The van der Waals surface area contributed by atoms with Crippen molar-refractivity contribution in [3.05, 3.63) is 65.6 Å². The van der Waals surface area contributed by atoms with Gasteiger partial charge in [-0.25, -0.2) is 4.39 Å². The summed E-state index contributed by atoms with van der Waals surface area (Å²) in [6.07, 6.45) is 2.12. The van der Waals surface area contributed by atoms with Gasteiger partial charge in [0.1, 0.15) is 5.82 Å². The summed E-state index contributed by atoms with van der Waals surface area (Å²) in [5.74, 6) is -1.47. The number of Topliss-reactive ketones (excluding diaryl/α,β-unsaturated/α-hetero) is 1. The van der Waals surface area contributed by atoms with Crippen LogP contribution in [0.5, 0.6) is 0 Å². The molecule has 4 nitrogen and oxygen atoms in total. The normalized spacial score (nSPS) is 13.3. The van der Waals surface area contributed by atoms with Crippen molar-refractivity contribution in [3.63, 3.8) is 0 Å². The average molecular weight is 308 g/mol. The molecule has 1 aliphatic rings. The lowest BCUT2D eigenvalue weighted by Gasteiger charge is -2.16. The first kappa shape index (κ1) is 13.7. The minimum atomic E-state index is -0.583. The van der Waals surface area contributed by atoms with Crippen molar-refractivity contribution >= 4 is 28.3 Å². The Kier molecular flexibility index (Phi) is 3.01. The fourth-order valence-electron chi connectivity index (χ4n) is 3.08. The standard InChI is InChI=1S/C18H13FN2O2/c19-12-5-6-16-11(9-12)7-8-21(16)18(23)17(22)14-10-20-15-4-2-1-3-13(14)15/h1-6,9-10,20H,7-8H2. The molecule has 1 amide bonds. The van der Waals surface area contributed by atoms with Gasteiger partial charge in [-0.1, -0.05) is 18.2 Å². The Morgan fingerprint density at radius 3 is 2.83 bits per heavy atom. The van der Waals surface area contributed by atoms with Crippen LogP contribution in [0, 0.1) is 5.82 Å². The molecule has 0 atom stereocenters. The monoisotopic (exact) mass is 308 g/mol. The van der Waals surface area contributed by atoms with Gasteiger partial charge in [0.15, 0.2) is 0 Å². The van der Waals surface area contributed by atoms with Crippen LogP contribution >= 0.6 is 0 Å². The SMILES string of the molecule is O=C(C(=O)N1CCc2cc(F)ccc21)c1c[nH]c2ccccc12. The zero-order chi connectivity index (χ0) is 16.0. The number of hydrogen-bond acceptors (Lipinski definition) is 2. The summed E-state index contributed by atoms with van der Waals surface area (Å²) in [6, 6.07) is 11.6. The van der Waals surface area contributed by atoms with Gasteiger partial charge in [0.05, 0.1) is 5.56 Å². The predicted molar refractivity (Wildman–Crippen MR) is 85.1 cm³/mol. The molecule has 23 heavy (non-hydrogen) atoms. The van der Waals surface area contributed by atoms with Crippen molar-refractivity contribution in [2.45, 2.75) is 6.42 Å². The number of nitrogens with one attached hydrogen (secondary N) is 1. The summed E-state index contributed by atoms with van der Waals surface area (Å²) >= 11 is 0. The van der Waals surface area contributed by atoms with Crippen molar-refractivity contribution in [2.75, 3.05) is 11.4 Å². The second kappa shape index (κ2) is 5.05. The molecule has 1 aliphatic heterocycles. The molecule has 4 rings (SSSR count). The van der Waals surface area contributed by atoms with E-state index in [1.807, 2.05) is 18.2 Å². The summed E-state index contributed by atoms with van der Waals surface area (Å²) in [4.78, 5) is 29.6. The maximum Gasteiger partial charge on any atom is 0.299 e. The number of nitrogens with zero attached hydrogens (tertiary/aromatic N) is 1. The number of para-hydroxylation sites is 1. The van der Waals surface area contributed by atoms with Gasteiger partial charge in [-0.3, -0.25) is 9.59 Å². The number of benzene rings is 2. The summed E-state index contributed by atoms with van der Waals surface area (Å²) in [6.45, 7) is 0.395. The minimum Gasteiger partial charge on any atom is -0.360 e. The Morgan fingerprint density at radius 2 is 1.96 bits per heavy atom. The van der Waals surface area contributed by atoms with Gasteiger partial charge in [-0.2, -0.15) is 0 Å². The topological polar surface area (TPSA) is 53.2 Å². The molecule has 1 N–H and O–H groups in total. The van der Waals surface area contributed by atoms with Crippen molar-refractivity contribution in [2.24, 2.45) is 0 Å². The van der Waals surface area contributed by atoms with E-state index in [0.29, 0.717) is 24.2 Å². The summed E-state index contributed by atoms with van der Waals surface area (Å²) in [7, 11) is 0. The van der Waals surface area contributed by atoms with Gasteiger partial charge in [0.2, 0.25) is 0 Å². The lowest BCUT2D eigenvalue weighted by atomic mass is 10.1. The number of H-pyrrole nitrogens is 1. The Morgan fingerprint density at radius 1 is 1.13 bits per heavy atom. The third-order valence-corrected chi connectivity index (χ3v) is 4.21. The van der Waals surface area contributed by atoms with E-state index in [0.717, 1.165) is 16.5 Å². The number of halogens is 1. The van der Waals surface area contributed by atoms with Crippen LogP contribution in [0.3, 0.4) is 0 Å². The number of carbonyl (C=O) groups is 2. The number of carbonyl (C=O) groups excluding carboxylic acids is 2. The third-order valence-electron chi connectivity index (χ3n) is 4.21. The van der Waals surface area contributed by atoms with E-state index < -0.39 is 11.7 Å². The molecule has 1 aromatic heterocycles. The van der Waals surface area contributed by atoms with Gasteiger partial charge in [-0.05, 0) is 36.2 Å². The lowest BCUT2D eigenvalue weighted by molar-refractivity contribution is -0.114. The molecule has 5 heteroatoms. The van der Waals surface area contributed by atoms with Crippen LogP contribution in [0.1, 0.15) is 15.9 Å². The number of amides is 1. The molecule has 0 spiro atoms. The number of anilines is 1. The molecule has 114 valence electrons. The molecule has 0 radical (unpaired) electrons. The van der Waals surface area contributed by atoms with Crippen LogP contribution in [0.25, 0.3) is 10.9 Å². The summed E-state index contributed by atoms with van der Waals surface area (Å²) in [5, 5.41) is 0.726. The van der Waals surface area contributed by atoms with E-state index in [2.05, 4.69) is 4.98 Å². The van der Waals surface area contributed by atoms with Crippen LogP contribution in [-0.2, 0) is 11.2 Å². The fourth-order valence-corrected chi connectivity index (χ4v) is 3.08. The highest BCUT2D eigenvalue weighted by molar-refractivity contribution is 6.49. The number of fused-ring (bicyclic) bond motifs is 2. The molecular weight excluding hydrogens is 295 g/mol. The van der Waals surface area contributed by atoms with Gasteiger partial charge in [-0.15, -0.1) is 0 Å². The Bertz CT molecular complexity index is 945. The van der Waals surface area contributed by atoms with E-state index in [1.54, 1.807) is 18.3 Å². The van der Waals surface area contributed by atoms with Gasteiger partial charge >= 0.3 is 0 Å². The predicted octanol–water partition coefficient (Wildman–Crippen LogP) is 3.08. The number of aromatic nitrogens is 1. The van der Waals surface area contributed by atoms with Gasteiger partial charge < -0.3 is 9.88 Å². The van der Waals surface area contributed by atoms with Crippen molar-refractivity contribution in [3.8, 4) is 0 Å². The summed E-state index contributed by atoms with van der Waals surface area (Å²) in [5.41, 5.74) is 2.54. The summed E-state index contributed by atoms with van der Waals surface area (Å²) < 4.78 is 13.3. The van der Waals surface area contributed by atoms with Crippen molar-refractivity contribution < 1.29 is 14.0 Å². The molecule has 0 unspecified atom stereocenters. The molecule has 3 aromatic rings. The molecule has 0 bridgehead atoms. The second-order valence-corrected chi connectivity index (χ2v) is 5.56. The number of aromatic amines is 1. The maximum absolute atomic E-state index is 13.3. The first-order chi connectivity index (χ1) is 11.1. The smallest absolute Gasteiger partial charge is 0.299 e. The Balaban J connectivity index is 1.69. The van der Waals surface area contributed by atoms with Crippen LogP contribution in [0.15, 0.2) is 48.7 Å². The van der Waals surface area contributed by atoms with E-state index in [1.165, 1.54) is 17.0 Å². The quantitative estimate of drug-likeness (QED) is 0.584. The van der Waals surface area contributed by atoms with Crippen LogP contribution in [0.2, 0.25) is 0 Å². The Hall–Kier alpha value is -2.95. The second-order valence-electron chi connectivity index (χ2n) is 5.56. The Labute approximate surface area is 131 Å². The van der Waals surface area contributed by atoms with E-state index in [-0.39, 0.29) is 5.82 Å². The zero-order valence-corrected chi connectivity index (χ0v) is 12.2. The molecule has 2 heterocycles. The van der Waals surface area contributed by atoms with E-state index in [4.69, 9.17) is 0 Å². The average Bonchev–Trinajstić information content (AvgIpc) is 3.17. The molecule has 0 saturated carbocycles. The maximum atomic E-state index is 13.3. The zero-order valence-electron chi connectivity index (χ0n) is 12.2. The number of hydrogen-bond donors (Lipinski definition) is 1. The van der Waals surface area contributed by atoms with Crippen molar-refractivity contribution in [1.82, 2.24) is 4.98 Å². The molecule has 0 aliphatic carbocycles. The van der Waals surface area contributed by atoms with Crippen LogP contribution < -0.4 is 4.90 Å². The number of rotatable bonds is 2. The van der Waals surface area contributed by atoms with Crippen molar-refractivity contribution in [1.29, 1.82) is 0 Å². The van der Waals surface area contributed by atoms with Gasteiger partial charge in [0, 0.05) is 29.3 Å². The molecule has 0 saturated heterocycles. The first-order valence-electron chi connectivity index (χ1n) is 7.36. The molecular formula is C18H13FN2O2. The highest BCUT2D eigenvalue weighted by Crippen LogP contribution is 2.29. The molecule has 2 aromatic carbocycles. The lowest BCUT2D eigenvalue weighted by Crippen LogP contribution is -2.35. The number of ketones is 1. The fraction of sp³-hybridized carbons (Fsp3) is 0.111. The molecule has 0 fully saturated rings. The van der Waals surface area contributed by atoms with E-state index in [9.17, 15) is 14.0 Å². The van der Waals surface area contributed by atoms with Crippen LogP contribution in [-0.4, -0.2) is 23.2 Å². The largest absolute Gasteiger partial charge is 0.360 e. The highest BCUT2D eigenvalue weighted by Gasteiger charge is 2.31. The minimum absolute atomic E-state index is 0.332. The third kappa shape index (κ3) is 2.12. The first-order valence-corrected chi connectivity index (χ1v) is 7.36. The highest BCUT2D eigenvalue weighted by atomic mass is 19.1. The van der Waals surface area contributed by atoms with Crippen LogP contribution in [0.4, 0.5) is 10.1 Å².